The van der Waals surface area contributed by atoms with E-state index in [4.69, 9.17) is 5.11 Å². The molecule has 0 aliphatic carbocycles. The van der Waals surface area contributed by atoms with Crippen molar-refractivity contribution in [2.24, 2.45) is 10.1 Å². The molecule has 0 amide bonds. The summed E-state index contributed by atoms with van der Waals surface area (Å²) < 4.78 is 0. The van der Waals surface area contributed by atoms with Crippen molar-refractivity contribution in [1.29, 1.82) is 0 Å². The van der Waals surface area contributed by atoms with Crippen LogP contribution in [0, 0.1) is 0 Å². The number of phenolic OH excluding ortho intramolecular Hbond substituents is 1. The van der Waals surface area contributed by atoms with Crippen LogP contribution in [0.3, 0.4) is 0 Å². The molecule has 4 nitrogen and oxygen atoms in total. The van der Waals surface area contributed by atoms with Crippen molar-refractivity contribution >= 4 is 29.0 Å². The van der Waals surface area contributed by atoms with Crippen LogP contribution in [0.5, 0.6) is 5.75 Å². The highest BCUT2D eigenvalue weighted by atomic mass is 79.9. The molecule has 0 unspecified atom stereocenters. The van der Waals surface area contributed by atoms with Gasteiger partial charge in [0.1, 0.15) is 11.6 Å². The third-order valence-corrected chi connectivity index (χ3v) is 2.67. The van der Waals surface area contributed by atoms with E-state index in [1.165, 1.54) is 19.3 Å². The molecule has 18 heavy (non-hydrogen) atoms. The van der Waals surface area contributed by atoms with E-state index in [1.807, 2.05) is 12.1 Å². The molecule has 1 aromatic rings. The topological polar surface area (TPSA) is 57.0 Å². The minimum atomic E-state index is 0. The van der Waals surface area contributed by atoms with Gasteiger partial charge in [-0.25, -0.2) is 0 Å². The van der Waals surface area contributed by atoms with Gasteiger partial charge in [-0.2, -0.15) is 5.10 Å². The molecule has 98 valence electrons. The molecule has 1 heterocycles. The Balaban J connectivity index is 0.00000162. The predicted molar refractivity (Wildman–Crippen MR) is 79.9 cm³/mol. The first-order valence-corrected chi connectivity index (χ1v) is 5.96. The number of hydrogen-bond donors (Lipinski definition) is 2. The molecule has 0 radical (unpaired) electrons. The lowest BCUT2D eigenvalue weighted by Crippen LogP contribution is -2.17. The number of benzene rings is 1. The first kappa shape index (κ1) is 14.7. The summed E-state index contributed by atoms with van der Waals surface area (Å²) >= 11 is 0. The number of halogens is 1. The summed E-state index contributed by atoms with van der Waals surface area (Å²) in [6, 6.07) is 6.92. The van der Waals surface area contributed by atoms with E-state index in [9.17, 15) is 0 Å². The Labute approximate surface area is 118 Å². The Morgan fingerprint density at radius 2 is 1.94 bits per heavy atom. The fourth-order valence-corrected chi connectivity index (χ4v) is 1.71. The number of phenols is 1. The first-order valence-electron chi connectivity index (χ1n) is 5.96. The Bertz CT molecular complexity index is 415. The van der Waals surface area contributed by atoms with Crippen molar-refractivity contribution in [2.75, 3.05) is 6.54 Å². The molecule has 1 aliphatic rings. The van der Waals surface area contributed by atoms with Gasteiger partial charge in [0.2, 0.25) is 0 Å². The van der Waals surface area contributed by atoms with Gasteiger partial charge in [0.05, 0.1) is 6.21 Å². The molecule has 1 aliphatic heterocycles. The van der Waals surface area contributed by atoms with Crippen LogP contribution in [-0.2, 0) is 0 Å². The maximum Gasteiger partial charge on any atom is 0.117 e. The number of nitrogens with one attached hydrogen (secondary N) is 1. The van der Waals surface area contributed by atoms with Crippen LogP contribution in [-0.4, -0.2) is 23.7 Å². The molecule has 5 heteroatoms. The van der Waals surface area contributed by atoms with Crippen molar-refractivity contribution in [1.82, 2.24) is 5.43 Å². The van der Waals surface area contributed by atoms with Crippen LogP contribution in [0.15, 0.2) is 34.4 Å². The fourth-order valence-electron chi connectivity index (χ4n) is 1.71. The van der Waals surface area contributed by atoms with Crippen molar-refractivity contribution in [3.8, 4) is 5.75 Å². The summed E-state index contributed by atoms with van der Waals surface area (Å²) in [4.78, 5) is 4.42. The number of hydrazone groups is 1. The number of amidine groups is 1. The quantitative estimate of drug-likeness (QED) is 0.652. The van der Waals surface area contributed by atoms with Gasteiger partial charge in [-0.15, -0.1) is 17.0 Å². The van der Waals surface area contributed by atoms with Gasteiger partial charge in [-0.05, 0) is 42.7 Å². The number of aromatic hydroxyl groups is 1. The van der Waals surface area contributed by atoms with E-state index in [-0.39, 0.29) is 22.7 Å². The average molecular weight is 312 g/mol. The predicted octanol–water partition coefficient (Wildman–Crippen LogP) is 2.87. The summed E-state index contributed by atoms with van der Waals surface area (Å²) in [6.07, 6.45) is 6.31. The van der Waals surface area contributed by atoms with Crippen molar-refractivity contribution < 1.29 is 5.11 Å². The van der Waals surface area contributed by atoms with Crippen LogP contribution in [0.2, 0.25) is 0 Å². The highest BCUT2D eigenvalue weighted by Gasteiger charge is 2.01. The largest absolute Gasteiger partial charge is 0.508 e. The molecule has 0 spiro atoms. The van der Waals surface area contributed by atoms with Crippen LogP contribution in [0.25, 0.3) is 0 Å². The van der Waals surface area contributed by atoms with Gasteiger partial charge in [-0.1, -0.05) is 6.42 Å². The Morgan fingerprint density at radius 3 is 2.72 bits per heavy atom. The minimum Gasteiger partial charge on any atom is -0.508 e. The normalized spacial score (nSPS) is 15.7. The number of rotatable bonds is 2. The first-order chi connectivity index (χ1) is 8.34. The molecule has 0 bridgehead atoms. The molecule has 0 aromatic heterocycles. The molecule has 0 saturated heterocycles. The minimum absolute atomic E-state index is 0. The lowest BCUT2D eigenvalue weighted by Gasteiger charge is -2.01. The fraction of sp³-hybridized carbons (Fsp3) is 0.385. The summed E-state index contributed by atoms with van der Waals surface area (Å²) in [5.74, 6) is 1.24. The van der Waals surface area contributed by atoms with Gasteiger partial charge in [0.25, 0.3) is 0 Å². The van der Waals surface area contributed by atoms with Crippen LogP contribution in [0.4, 0.5) is 0 Å². The van der Waals surface area contributed by atoms with Gasteiger partial charge in [-0.3, -0.25) is 10.4 Å². The second-order valence-corrected chi connectivity index (χ2v) is 4.10. The molecule has 2 rings (SSSR count). The van der Waals surface area contributed by atoms with Crippen molar-refractivity contribution in [3.05, 3.63) is 29.8 Å². The molecule has 2 N–H and O–H groups in total. The summed E-state index contributed by atoms with van der Waals surface area (Å²) in [7, 11) is 0. The molecule has 1 aromatic carbocycles. The third-order valence-electron chi connectivity index (χ3n) is 2.67. The van der Waals surface area contributed by atoms with Gasteiger partial charge < -0.3 is 5.11 Å². The van der Waals surface area contributed by atoms with Gasteiger partial charge >= 0.3 is 0 Å². The Kier molecular flexibility index (Phi) is 6.43. The van der Waals surface area contributed by atoms with E-state index in [2.05, 4.69) is 15.5 Å². The lowest BCUT2D eigenvalue weighted by molar-refractivity contribution is 0.475. The zero-order chi connectivity index (χ0) is 11.9. The molecular weight excluding hydrogens is 294 g/mol. The second-order valence-electron chi connectivity index (χ2n) is 4.10. The molecule has 0 saturated carbocycles. The van der Waals surface area contributed by atoms with E-state index in [0.717, 1.165) is 24.4 Å². The number of hydrogen-bond acceptors (Lipinski definition) is 4. The maximum absolute atomic E-state index is 9.14. The molecule has 0 fully saturated rings. The zero-order valence-electron chi connectivity index (χ0n) is 10.2. The summed E-state index contributed by atoms with van der Waals surface area (Å²) in [5, 5.41) is 13.3. The second kappa shape index (κ2) is 7.87. The van der Waals surface area contributed by atoms with E-state index in [1.54, 1.807) is 18.3 Å². The smallest absolute Gasteiger partial charge is 0.117 e. The lowest BCUT2D eigenvalue weighted by atomic mass is 10.2. The number of aliphatic imine (C=N–C) groups is 1. The van der Waals surface area contributed by atoms with E-state index < -0.39 is 0 Å². The monoisotopic (exact) mass is 311 g/mol. The summed E-state index contributed by atoms with van der Waals surface area (Å²) in [6.45, 7) is 0.900. The van der Waals surface area contributed by atoms with E-state index >= 15 is 0 Å². The van der Waals surface area contributed by atoms with Crippen LogP contribution >= 0.6 is 17.0 Å². The van der Waals surface area contributed by atoms with Crippen molar-refractivity contribution in [2.45, 2.75) is 25.7 Å². The Hall–Kier alpha value is -1.36. The van der Waals surface area contributed by atoms with Gasteiger partial charge in [0.15, 0.2) is 0 Å². The van der Waals surface area contributed by atoms with Crippen molar-refractivity contribution in [3.63, 3.8) is 0 Å². The average Bonchev–Trinajstić information content (AvgIpc) is 2.60. The van der Waals surface area contributed by atoms with E-state index in [0.29, 0.717) is 0 Å². The highest BCUT2D eigenvalue weighted by molar-refractivity contribution is 8.93. The van der Waals surface area contributed by atoms with Gasteiger partial charge in [0, 0.05) is 13.0 Å². The summed E-state index contributed by atoms with van der Waals surface area (Å²) in [5.41, 5.74) is 3.93. The highest BCUT2D eigenvalue weighted by Crippen LogP contribution is 2.08. The zero-order valence-corrected chi connectivity index (χ0v) is 11.9. The Morgan fingerprint density at radius 1 is 1.17 bits per heavy atom. The molecular formula is C13H18BrN3O. The van der Waals surface area contributed by atoms with Crippen LogP contribution < -0.4 is 5.43 Å². The third kappa shape index (κ3) is 4.87. The SMILES string of the molecule is Br.Oc1ccc(/C=N/NC2=NCCCCC2)cc1. The standard InChI is InChI=1S/C13H17N3O.BrH/c17-12-7-5-11(6-8-12)10-15-16-13-4-2-1-3-9-14-13;/h5-8,10,17H,1-4,9H2,(H,14,16);1H/b15-10+;. The van der Waals surface area contributed by atoms with Crippen LogP contribution in [0.1, 0.15) is 31.2 Å². The maximum atomic E-state index is 9.14. The number of nitrogens with zero attached hydrogens (tertiary/aromatic N) is 2. The molecule has 0 atom stereocenters.